The van der Waals surface area contributed by atoms with Crippen LogP contribution in [0.4, 0.5) is 0 Å². The number of carbonyl (C=O) groups excluding carboxylic acids is 1. The number of amides is 1. The molecule has 2 aromatic rings. The minimum absolute atomic E-state index is 0.00137. The van der Waals surface area contributed by atoms with E-state index in [0.717, 1.165) is 18.4 Å². The highest BCUT2D eigenvalue weighted by atomic mass is 79.9. The second kappa shape index (κ2) is 7.38. The van der Waals surface area contributed by atoms with E-state index < -0.39 is 10.0 Å². The number of ether oxygens (including phenoxy) is 2. The standard InChI is InChI=1S/C19H19BrN2O5S/c1-22(10-12-2-7-17-18(8-12)27-11-26-17)19(23)15-9-14(5-6-16(15)20)28(24,25)21-13-3-4-13/h2,5-9,13,21H,3-4,10-11H2,1H3. The third-order valence-corrected chi connectivity index (χ3v) is 6.79. The van der Waals surface area contributed by atoms with Gasteiger partial charge in [0.05, 0.1) is 10.5 Å². The summed E-state index contributed by atoms with van der Waals surface area (Å²) in [6, 6.07) is 10.00. The van der Waals surface area contributed by atoms with Crippen molar-refractivity contribution in [1.29, 1.82) is 0 Å². The van der Waals surface area contributed by atoms with Crippen molar-refractivity contribution in [2.24, 2.45) is 0 Å². The summed E-state index contributed by atoms with van der Waals surface area (Å²) in [7, 11) is -1.96. The third kappa shape index (κ3) is 4.01. The number of nitrogens with zero attached hydrogens (tertiary/aromatic N) is 1. The lowest BCUT2D eigenvalue weighted by atomic mass is 10.1. The molecule has 148 valence electrons. The number of nitrogens with one attached hydrogen (secondary N) is 1. The number of fused-ring (bicyclic) bond motifs is 1. The molecule has 2 aromatic carbocycles. The van der Waals surface area contributed by atoms with Crippen molar-refractivity contribution in [3.05, 3.63) is 52.0 Å². The van der Waals surface area contributed by atoms with Gasteiger partial charge >= 0.3 is 0 Å². The maximum absolute atomic E-state index is 12.9. The van der Waals surface area contributed by atoms with Crippen LogP contribution in [0.2, 0.25) is 0 Å². The highest BCUT2D eigenvalue weighted by Crippen LogP contribution is 2.33. The van der Waals surface area contributed by atoms with Gasteiger partial charge in [0.2, 0.25) is 16.8 Å². The van der Waals surface area contributed by atoms with Crippen LogP contribution in [0.1, 0.15) is 28.8 Å². The van der Waals surface area contributed by atoms with Crippen molar-refractivity contribution in [2.45, 2.75) is 30.3 Å². The van der Waals surface area contributed by atoms with Crippen LogP contribution in [0.5, 0.6) is 11.5 Å². The number of carbonyl (C=O) groups is 1. The number of halogens is 1. The number of hydrogen-bond acceptors (Lipinski definition) is 5. The minimum atomic E-state index is -3.63. The average Bonchev–Trinajstić information content (AvgIpc) is 3.33. The molecule has 1 saturated carbocycles. The lowest BCUT2D eigenvalue weighted by Crippen LogP contribution is -2.28. The maximum atomic E-state index is 12.9. The summed E-state index contributed by atoms with van der Waals surface area (Å²) in [6.07, 6.45) is 1.69. The summed E-state index contributed by atoms with van der Waals surface area (Å²) in [6.45, 7) is 0.538. The van der Waals surface area contributed by atoms with E-state index in [9.17, 15) is 13.2 Å². The van der Waals surface area contributed by atoms with Crippen LogP contribution in [-0.4, -0.2) is 39.1 Å². The summed E-state index contributed by atoms with van der Waals surface area (Å²) in [5.41, 5.74) is 1.18. The molecule has 1 aliphatic carbocycles. The van der Waals surface area contributed by atoms with Gasteiger partial charge in [0.1, 0.15) is 0 Å². The molecule has 0 saturated heterocycles. The van der Waals surface area contributed by atoms with Gasteiger partial charge in [-0.15, -0.1) is 0 Å². The number of rotatable bonds is 6. The Balaban J connectivity index is 1.54. The van der Waals surface area contributed by atoms with Crippen LogP contribution < -0.4 is 14.2 Å². The monoisotopic (exact) mass is 466 g/mol. The second-order valence-electron chi connectivity index (χ2n) is 6.89. The fraction of sp³-hybridized carbons (Fsp3) is 0.316. The van der Waals surface area contributed by atoms with Crippen LogP contribution >= 0.6 is 15.9 Å². The molecule has 9 heteroatoms. The largest absolute Gasteiger partial charge is 0.454 e. The molecule has 1 amide bonds. The van der Waals surface area contributed by atoms with E-state index in [-0.39, 0.29) is 23.6 Å². The van der Waals surface area contributed by atoms with Crippen molar-refractivity contribution >= 4 is 31.9 Å². The summed E-state index contributed by atoms with van der Waals surface area (Å²) >= 11 is 3.36. The molecular formula is C19H19BrN2O5S. The predicted octanol–water partition coefficient (Wildman–Crippen LogP) is 2.89. The van der Waals surface area contributed by atoms with Crippen LogP contribution in [0, 0.1) is 0 Å². The number of benzene rings is 2. The van der Waals surface area contributed by atoms with Crippen LogP contribution in [0.25, 0.3) is 0 Å². The molecule has 0 radical (unpaired) electrons. The molecule has 7 nitrogen and oxygen atoms in total. The second-order valence-corrected chi connectivity index (χ2v) is 9.45. The first-order chi connectivity index (χ1) is 13.3. The summed E-state index contributed by atoms with van der Waals surface area (Å²) in [5, 5.41) is 0. The molecule has 1 fully saturated rings. The van der Waals surface area contributed by atoms with E-state index in [1.807, 2.05) is 18.2 Å². The van der Waals surface area contributed by atoms with Gasteiger partial charge in [-0.1, -0.05) is 6.07 Å². The molecule has 0 unspecified atom stereocenters. The van der Waals surface area contributed by atoms with E-state index in [1.54, 1.807) is 13.1 Å². The quantitative estimate of drug-likeness (QED) is 0.707. The van der Waals surface area contributed by atoms with Gasteiger partial charge in [0.15, 0.2) is 11.5 Å². The van der Waals surface area contributed by atoms with Crippen LogP contribution in [0.3, 0.4) is 0 Å². The van der Waals surface area contributed by atoms with Crippen molar-refractivity contribution in [3.63, 3.8) is 0 Å². The topological polar surface area (TPSA) is 84.9 Å². The Hall–Kier alpha value is -2.10. The number of sulfonamides is 1. The molecule has 0 bridgehead atoms. The molecule has 1 heterocycles. The molecule has 2 aliphatic rings. The lowest BCUT2D eigenvalue weighted by molar-refractivity contribution is 0.0784. The van der Waals surface area contributed by atoms with E-state index >= 15 is 0 Å². The van der Waals surface area contributed by atoms with Gasteiger partial charge in [-0.25, -0.2) is 13.1 Å². The van der Waals surface area contributed by atoms with Gasteiger partial charge in [-0.3, -0.25) is 4.79 Å². The van der Waals surface area contributed by atoms with Crippen molar-refractivity contribution in [2.75, 3.05) is 13.8 Å². The Bertz CT molecular complexity index is 1040. The first kappa shape index (κ1) is 19.2. The maximum Gasteiger partial charge on any atom is 0.255 e. The van der Waals surface area contributed by atoms with Crippen LogP contribution in [0.15, 0.2) is 45.8 Å². The zero-order valence-electron chi connectivity index (χ0n) is 15.1. The molecule has 0 spiro atoms. The highest BCUT2D eigenvalue weighted by molar-refractivity contribution is 9.10. The van der Waals surface area contributed by atoms with Crippen molar-refractivity contribution in [3.8, 4) is 11.5 Å². The van der Waals surface area contributed by atoms with Gasteiger partial charge in [0.25, 0.3) is 5.91 Å². The van der Waals surface area contributed by atoms with Crippen LogP contribution in [-0.2, 0) is 16.6 Å². The molecule has 28 heavy (non-hydrogen) atoms. The first-order valence-electron chi connectivity index (χ1n) is 8.79. The summed E-state index contributed by atoms with van der Waals surface area (Å²) in [4.78, 5) is 14.6. The zero-order chi connectivity index (χ0) is 19.9. The fourth-order valence-electron chi connectivity index (χ4n) is 2.91. The van der Waals surface area contributed by atoms with Gasteiger partial charge in [-0.05, 0) is 64.7 Å². The minimum Gasteiger partial charge on any atom is -0.454 e. The lowest BCUT2D eigenvalue weighted by Gasteiger charge is -2.19. The molecule has 4 rings (SSSR count). The van der Waals surface area contributed by atoms with Gasteiger partial charge in [0, 0.05) is 24.1 Å². The highest BCUT2D eigenvalue weighted by Gasteiger charge is 2.29. The normalized spacial score (nSPS) is 15.5. The Morgan fingerprint density at radius 1 is 1.18 bits per heavy atom. The molecular weight excluding hydrogens is 448 g/mol. The molecule has 0 aromatic heterocycles. The molecule has 0 atom stereocenters. The predicted molar refractivity (Wildman–Crippen MR) is 106 cm³/mol. The Labute approximate surface area is 171 Å². The summed E-state index contributed by atoms with van der Waals surface area (Å²) < 4.78 is 38.8. The smallest absolute Gasteiger partial charge is 0.255 e. The SMILES string of the molecule is CN(Cc1ccc2c(c1)OCO2)C(=O)c1cc(S(=O)(=O)NC2CC2)ccc1Br. The Kier molecular flexibility index (Phi) is 5.07. The third-order valence-electron chi connectivity index (χ3n) is 4.58. The van der Waals surface area contributed by atoms with Crippen molar-refractivity contribution in [1.82, 2.24) is 9.62 Å². The van der Waals surface area contributed by atoms with E-state index in [2.05, 4.69) is 20.7 Å². The fourth-order valence-corrected chi connectivity index (χ4v) is 4.66. The molecule has 1 aliphatic heterocycles. The van der Waals surface area contributed by atoms with Gasteiger partial charge in [-0.2, -0.15) is 0 Å². The number of hydrogen-bond donors (Lipinski definition) is 1. The zero-order valence-corrected chi connectivity index (χ0v) is 17.5. The van der Waals surface area contributed by atoms with Crippen molar-refractivity contribution < 1.29 is 22.7 Å². The Morgan fingerprint density at radius 2 is 1.93 bits per heavy atom. The van der Waals surface area contributed by atoms with E-state index in [0.29, 0.717) is 28.1 Å². The Morgan fingerprint density at radius 3 is 2.68 bits per heavy atom. The average molecular weight is 467 g/mol. The molecule has 1 N–H and O–H groups in total. The van der Waals surface area contributed by atoms with Gasteiger partial charge < -0.3 is 14.4 Å². The first-order valence-corrected chi connectivity index (χ1v) is 11.1. The summed E-state index contributed by atoms with van der Waals surface area (Å²) in [5.74, 6) is 1.05. The van der Waals surface area contributed by atoms with E-state index in [1.165, 1.54) is 17.0 Å². The van der Waals surface area contributed by atoms with E-state index in [4.69, 9.17) is 9.47 Å².